The van der Waals surface area contributed by atoms with Crippen molar-refractivity contribution in [3.8, 4) is 0 Å². The van der Waals surface area contributed by atoms with E-state index in [1.165, 1.54) is 20.0 Å². The molecule has 0 aromatic carbocycles. The van der Waals surface area contributed by atoms with Gasteiger partial charge in [-0.1, -0.05) is 0 Å². The summed E-state index contributed by atoms with van der Waals surface area (Å²) < 4.78 is 4.99. The van der Waals surface area contributed by atoms with E-state index in [-0.39, 0.29) is 11.9 Å². The summed E-state index contributed by atoms with van der Waals surface area (Å²) in [6.07, 6.45) is 4.77. The number of likely N-dealkylation sites (tertiary alicyclic amines) is 1. The molecule has 17 heavy (non-hydrogen) atoms. The van der Waals surface area contributed by atoms with Gasteiger partial charge < -0.3 is 15.0 Å². The van der Waals surface area contributed by atoms with Crippen LogP contribution < -0.4 is 5.32 Å². The maximum absolute atomic E-state index is 11.9. The van der Waals surface area contributed by atoms with Crippen LogP contribution in [0.15, 0.2) is 0 Å². The summed E-state index contributed by atoms with van der Waals surface area (Å²) in [7, 11) is 1.51. The Kier molecular flexibility index (Phi) is 4.80. The Bertz CT molecular complexity index is 246. The summed E-state index contributed by atoms with van der Waals surface area (Å²) in [5.41, 5.74) is 0. The van der Waals surface area contributed by atoms with Gasteiger partial charge in [0.2, 0.25) is 0 Å². The first-order valence-corrected chi connectivity index (χ1v) is 6.82. The van der Waals surface area contributed by atoms with Crippen molar-refractivity contribution < 1.29 is 9.53 Å². The maximum Gasteiger partial charge on any atom is 0.310 e. The molecule has 2 fully saturated rings. The van der Waals surface area contributed by atoms with Gasteiger partial charge in [0.05, 0.1) is 13.0 Å². The largest absolute Gasteiger partial charge is 0.469 e. The molecule has 0 spiro atoms. The third-order valence-electron chi connectivity index (χ3n) is 4.11. The molecule has 2 aliphatic rings. The van der Waals surface area contributed by atoms with Crippen molar-refractivity contribution in [2.45, 2.75) is 25.7 Å². The Labute approximate surface area is 104 Å². The summed E-state index contributed by atoms with van der Waals surface area (Å²) in [5.74, 6) is 0.577. The molecule has 1 unspecified atom stereocenters. The van der Waals surface area contributed by atoms with E-state index in [9.17, 15) is 4.79 Å². The van der Waals surface area contributed by atoms with Crippen LogP contribution in [-0.4, -0.2) is 50.7 Å². The van der Waals surface area contributed by atoms with E-state index in [4.69, 9.17) is 4.74 Å². The number of methoxy groups -OCH3 is 1. The highest BCUT2D eigenvalue weighted by Crippen LogP contribution is 2.25. The van der Waals surface area contributed by atoms with E-state index in [1.54, 1.807) is 0 Å². The van der Waals surface area contributed by atoms with Gasteiger partial charge in [-0.15, -0.1) is 0 Å². The van der Waals surface area contributed by atoms with Gasteiger partial charge in [0.15, 0.2) is 0 Å². The molecule has 2 saturated heterocycles. The van der Waals surface area contributed by atoms with Crippen LogP contribution in [-0.2, 0) is 9.53 Å². The van der Waals surface area contributed by atoms with E-state index in [0.29, 0.717) is 5.92 Å². The molecule has 2 heterocycles. The third kappa shape index (κ3) is 3.42. The van der Waals surface area contributed by atoms with Gasteiger partial charge in [-0.2, -0.15) is 0 Å². The summed E-state index contributed by atoms with van der Waals surface area (Å²) in [5, 5.41) is 3.35. The van der Waals surface area contributed by atoms with E-state index in [0.717, 1.165) is 45.6 Å². The minimum absolute atomic E-state index is 0.0104. The van der Waals surface area contributed by atoms with Gasteiger partial charge in [-0.25, -0.2) is 0 Å². The molecular weight excluding hydrogens is 216 g/mol. The van der Waals surface area contributed by atoms with Crippen LogP contribution >= 0.6 is 0 Å². The van der Waals surface area contributed by atoms with Crippen LogP contribution in [0.2, 0.25) is 0 Å². The smallest absolute Gasteiger partial charge is 0.310 e. The van der Waals surface area contributed by atoms with E-state index in [1.807, 2.05) is 0 Å². The molecule has 98 valence electrons. The lowest BCUT2D eigenvalue weighted by Crippen LogP contribution is -2.41. The van der Waals surface area contributed by atoms with Crippen LogP contribution in [0.5, 0.6) is 0 Å². The molecule has 0 amide bonds. The fourth-order valence-corrected chi connectivity index (χ4v) is 3.06. The standard InChI is InChI=1S/C13H24N2O2/c1-17-13(16)12(10-15-8-2-3-9-15)11-4-6-14-7-5-11/h11-12,14H,2-10H2,1H3. The molecule has 2 rings (SSSR count). The second kappa shape index (κ2) is 6.36. The number of piperidine rings is 1. The maximum atomic E-state index is 11.9. The fourth-order valence-electron chi connectivity index (χ4n) is 3.06. The topological polar surface area (TPSA) is 41.6 Å². The first-order chi connectivity index (χ1) is 8.31. The number of rotatable bonds is 4. The van der Waals surface area contributed by atoms with Crippen LogP contribution in [0.3, 0.4) is 0 Å². The van der Waals surface area contributed by atoms with Crippen molar-refractivity contribution in [3.05, 3.63) is 0 Å². The fraction of sp³-hybridized carbons (Fsp3) is 0.923. The predicted molar refractivity (Wildman–Crippen MR) is 66.8 cm³/mol. The normalized spacial score (nSPS) is 24.8. The molecule has 4 heteroatoms. The Morgan fingerprint density at radius 2 is 2.00 bits per heavy atom. The highest BCUT2D eigenvalue weighted by atomic mass is 16.5. The number of hydrogen-bond acceptors (Lipinski definition) is 4. The van der Waals surface area contributed by atoms with Crippen LogP contribution in [0.1, 0.15) is 25.7 Å². The van der Waals surface area contributed by atoms with Crippen molar-refractivity contribution in [1.29, 1.82) is 0 Å². The van der Waals surface area contributed by atoms with Crippen LogP contribution in [0.25, 0.3) is 0 Å². The molecule has 0 saturated carbocycles. The number of esters is 1. The number of carbonyl (C=O) groups is 1. The Hall–Kier alpha value is -0.610. The first-order valence-electron chi connectivity index (χ1n) is 6.82. The number of nitrogens with one attached hydrogen (secondary N) is 1. The van der Waals surface area contributed by atoms with E-state index >= 15 is 0 Å². The zero-order chi connectivity index (χ0) is 12.1. The summed E-state index contributed by atoms with van der Waals surface area (Å²) in [6, 6.07) is 0. The molecule has 1 atom stereocenters. The number of nitrogens with zero attached hydrogens (tertiary/aromatic N) is 1. The van der Waals surface area contributed by atoms with Crippen molar-refractivity contribution in [3.63, 3.8) is 0 Å². The quantitative estimate of drug-likeness (QED) is 0.740. The lowest BCUT2D eigenvalue weighted by Gasteiger charge is -2.31. The highest BCUT2D eigenvalue weighted by molar-refractivity contribution is 5.73. The van der Waals surface area contributed by atoms with Crippen molar-refractivity contribution in [2.24, 2.45) is 11.8 Å². The molecule has 0 aliphatic carbocycles. The van der Waals surface area contributed by atoms with Gasteiger partial charge >= 0.3 is 5.97 Å². The Morgan fingerprint density at radius 1 is 1.35 bits per heavy atom. The first kappa shape index (κ1) is 12.8. The van der Waals surface area contributed by atoms with Crippen molar-refractivity contribution >= 4 is 5.97 Å². The third-order valence-corrected chi connectivity index (χ3v) is 4.11. The predicted octanol–water partition coefficient (Wildman–Crippen LogP) is 0.871. The molecule has 4 nitrogen and oxygen atoms in total. The van der Waals surface area contributed by atoms with Crippen LogP contribution in [0, 0.1) is 11.8 Å². The Morgan fingerprint density at radius 3 is 2.59 bits per heavy atom. The number of carbonyl (C=O) groups excluding carboxylic acids is 1. The van der Waals surface area contributed by atoms with Crippen LogP contribution in [0.4, 0.5) is 0 Å². The Balaban J connectivity index is 1.93. The summed E-state index contributed by atoms with van der Waals surface area (Å²) in [4.78, 5) is 14.3. The van der Waals surface area contributed by atoms with Gasteiger partial charge in [0.1, 0.15) is 0 Å². The average Bonchev–Trinajstić information content (AvgIpc) is 2.89. The number of ether oxygens (including phenoxy) is 1. The van der Waals surface area contributed by atoms with Gasteiger partial charge in [-0.05, 0) is 57.8 Å². The molecule has 1 N–H and O–H groups in total. The minimum Gasteiger partial charge on any atom is -0.469 e. The number of hydrogen-bond donors (Lipinski definition) is 1. The van der Waals surface area contributed by atoms with Gasteiger partial charge in [0, 0.05) is 6.54 Å². The van der Waals surface area contributed by atoms with E-state index in [2.05, 4.69) is 10.2 Å². The molecule has 0 bridgehead atoms. The SMILES string of the molecule is COC(=O)C(CN1CCCC1)C1CCNCC1. The lowest BCUT2D eigenvalue weighted by molar-refractivity contribution is -0.148. The van der Waals surface area contributed by atoms with Gasteiger partial charge in [-0.3, -0.25) is 4.79 Å². The van der Waals surface area contributed by atoms with Crippen molar-refractivity contribution in [1.82, 2.24) is 10.2 Å². The average molecular weight is 240 g/mol. The highest BCUT2D eigenvalue weighted by Gasteiger charge is 2.32. The lowest BCUT2D eigenvalue weighted by atomic mass is 9.84. The van der Waals surface area contributed by atoms with Crippen molar-refractivity contribution in [2.75, 3.05) is 39.8 Å². The minimum atomic E-state index is -0.0104. The monoisotopic (exact) mass is 240 g/mol. The van der Waals surface area contributed by atoms with Gasteiger partial charge in [0.25, 0.3) is 0 Å². The zero-order valence-corrected chi connectivity index (χ0v) is 10.8. The molecule has 2 aliphatic heterocycles. The molecule has 0 radical (unpaired) electrons. The summed E-state index contributed by atoms with van der Waals surface area (Å²) >= 11 is 0. The molecule has 0 aromatic heterocycles. The summed E-state index contributed by atoms with van der Waals surface area (Å²) in [6.45, 7) is 5.28. The second-order valence-electron chi connectivity index (χ2n) is 5.22. The molecular formula is C13H24N2O2. The van der Waals surface area contributed by atoms with E-state index < -0.39 is 0 Å². The molecule has 0 aromatic rings. The second-order valence-corrected chi connectivity index (χ2v) is 5.22. The zero-order valence-electron chi connectivity index (χ0n) is 10.8.